The molecule has 1 rings (SSSR count). The van der Waals surface area contributed by atoms with E-state index in [1.54, 1.807) is 5.31 Å². The highest BCUT2D eigenvalue weighted by Crippen LogP contribution is 2.82. The van der Waals surface area contributed by atoms with Crippen LogP contribution in [0.2, 0.25) is 58.9 Å². The Kier molecular flexibility index (Phi) is 5.92. The summed E-state index contributed by atoms with van der Waals surface area (Å²) in [5.41, 5.74) is 1.81. The molecule has 1 aliphatic heterocycles. The van der Waals surface area contributed by atoms with Gasteiger partial charge in [0.1, 0.15) is 5.50 Å². The fourth-order valence-electron chi connectivity index (χ4n) is 5.78. The Labute approximate surface area is 150 Å². The molecule has 0 N–H and O–H groups in total. The van der Waals surface area contributed by atoms with Crippen molar-refractivity contribution < 1.29 is 4.74 Å². The van der Waals surface area contributed by atoms with Gasteiger partial charge in [0.2, 0.25) is 0 Å². The Morgan fingerprint density at radius 1 is 0.783 bits per heavy atom. The molecule has 0 saturated heterocycles. The van der Waals surface area contributed by atoms with Crippen molar-refractivity contribution in [1.29, 1.82) is 0 Å². The summed E-state index contributed by atoms with van der Waals surface area (Å²) in [7, 11) is -3.74. The molecular weight excluding hydrogens is 364 g/mol. The highest BCUT2D eigenvalue weighted by atomic mass is 31.5. The highest BCUT2D eigenvalue weighted by molar-refractivity contribution is 8.33. The van der Waals surface area contributed by atoms with Crippen LogP contribution in [0.1, 0.15) is 27.7 Å². The van der Waals surface area contributed by atoms with Gasteiger partial charge in [0.05, 0.1) is 12.9 Å². The van der Waals surface area contributed by atoms with Crippen LogP contribution in [-0.4, -0.2) is 35.7 Å². The molecule has 1 heterocycles. The lowest BCUT2D eigenvalue weighted by Gasteiger charge is -2.58. The molecule has 0 unspecified atom stereocenters. The van der Waals surface area contributed by atoms with Gasteiger partial charge in [-0.3, -0.25) is 0 Å². The van der Waals surface area contributed by atoms with Gasteiger partial charge in [-0.1, -0.05) is 79.7 Å². The first-order valence-corrected chi connectivity index (χ1v) is 26.8. The molecule has 1 atom stereocenters. The van der Waals surface area contributed by atoms with Crippen molar-refractivity contribution in [2.24, 2.45) is 5.41 Å². The number of ether oxygens (including phenoxy) is 1. The Morgan fingerprint density at radius 2 is 1.13 bits per heavy atom. The molecule has 1 nitrogen and oxygen atoms in total. The van der Waals surface area contributed by atoms with Gasteiger partial charge in [-0.15, -0.1) is 0 Å². The van der Waals surface area contributed by atoms with Crippen molar-refractivity contribution in [2.45, 2.75) is 86.6 Å². The van der Waals surface area contributed by atoms with Crippen molar-refractivity contribution >= 4 is 36.5 Å². The van der Waals surface area contributed by atoms with Gasteiger partial charge in [-0.2, -0.15) is 0 Å². The van der Waals surface area contributed by atoms with E-state index >= 15 is 0 Å². The highest BCUT2D eigenvalue weighted by Gasteiger charge is 2.72. The van der Waals surface area contributed by atoms with Crippen LogP contribution in [0.25, 0.3) is 0 Å². The van der Waals surface area contributed by atoms with E-state index in [-0.39, 0.29) is 7.47 Å². The van der Waals surface area contributed by atoms with Crippen LogP contribution >= 0.6 is 7.47 Å². The molecule has 0 amide bonds. The van der Waals surface area contributed by atoms with Crippen molar-refractivity contribution in [2.75, 3.05) is 6.61 Å². The molecule has 0 aromatic carbocycles. The average Bonchev–Trinajstić information content (AvgIpc) is 2.85. The topological polar surface area (TPSA) is 9.23 Å². The molecular formula is C17H41OPSi4. The van der Waals surface area contributed by atoms with E-state index in [0.717, 1.165) is 6.61 Å². The Morgan fingerprint density at radius 3 is 1.35 bits per heavy atom. The molecule has 1 aliphatic rings. The fourth-order valence-corrected chi connectivity index (χ4v) is 132. The van der Waals surface area contributed by atoms with Crippen molar-refractivity contribution in [3.63, 3.8) is 0 Å². The summed E-state index contributed by atoms with van der Waals surface area (Å²) in [6.07, 6.45) is -1.36. The number of hydrogen-bond acceptors (Lipinski definition) is 1. The van der Waals surface area contributed by atoms with Crippen molar-refractivity contribution in [1.82, 2.24) is 0 Å². The van der Waals surface area contributed by atoms with Gasteiger partial charge in [0.25, 0.3) is 0 Å². The van der Waals surface area contributed by atoms with Gasteiger partial charge in [-0.25, -0.2) is 0 Å². The molecule has 136 valence electrons. The first-order chi connectivity index (χ1) is 9.94. The van der Waals surface area contributed by atoms with E-state index in [4.69, 9.17) is 4.74 Å². The van der Waals surface area contributed by atoms with E-state index in [2.05, 4.69) is 86.6 Å². The SMILES string of the molecule is CCOC1=C(C(C)(C)C)[P@@]1[Si]([Si](C)(C)C)([Si](C)(C)C)[Si](C)(C)C. The van der Waals surface area contributed by atoms with Crippen LogP contribution in [0.4, 0.5) is 0 Å². The summed E-state index contributed by atoms with van der Waals surface area (Å²) >= 11 is 0. The van der Waals surface area contributed by atoms with Gasteiger partial charge in [-0.05, 0) is 19.8 Å². The molecule has 23 heavy (non-hydrogen) atoms. The molecule has 0 aromatic rings. The summed E-state index contributed by atoms with van der Waals surface area (Å²) in [6, 6.07) is 0. The average molecular weight is 405 g/mol. The quantitative estimate of drug-likeness (QED) is 0.344. The smallest absolute Gasteiger partial charge is 0.121 e. The number of rotatable bonds is 6. The molecule has 0 saturated carbocycles. The maximum absolute atomic E-state index is 6.31. The Balaban J connectivity index is 3.64. The second-order valence-electron chi connectivity index (χ2n) is 11.1. The van der Waals surface area contributed by atoms with Gasteiger partial charge in [0.15, 0.2) is 0 Å². The first kappa shape index (κ1) is 21.9. The Hall–Kier alpha value is 0.838. The zero-order valence-electron chi connectivity index (χ0n) is 18.1. The molecule has 0 spiro atoms. The van der Waals surface area contributed by atoms with E-state index in [0.29, 0.717) is 5.41 Å². The third kappa shape index (κ3) is 3.55. The second-order valence-corrected chi connectivity index (χ2v) is 59.5. The predicted octanol–water partition coefficient (Wildman–Crippen LogP) is 6.93. The summed E-state index contributed by atoms with van der Waals surface area (Å²) in [4.78, 5) is 0. The minimum absolute atomic E-state index is 0.0480. The maximum Gasteiger partial charge on any atom is 0.121 e. The standard InChI is InChI=1S/C17H41OPSi4/c1-14-18-16-15(17(2,3)4)19(16)23(20(5,6)7,21(8,9)10)22(11,12)13/h14H2,1-13H3/t19-/m1/s1. The van der Waals surface area contributed by atoms with Crippen LogP contribution in [0, 0.1) is 5.41 Å². The third-order valence-electron chi connectivity index (χ3n) is 5.16. The largest absolute Gasteiger partial charge is 0.493 e. The molecule has 6 heteroatoms. The van der Waals surface area contributed by atoms with E-state index in [9.17, 15) is 0 Å². The molecule has 0 radical (unpaired) electrons. The van der Waals surface area contributed by atoms with Crippen molar-refractivity contribution in [3.8, 4) is 0 Å². The van der Waals surface area contributed by atoms with E-state index in [1.807, 2.05) is 0 Å². The lowest BCUT2D eigenvalue weighted by Crippen LogP contribution is -2.80. The van der Waals surface area contributed by atoms with Crippen LogP contribution in [0.15, 0.2) is 10.8 Å². The fraction of sp³-hybridized carbons (Fsp3) is 0.882. The molecule has 0 bridgehead atoms. The predicted molar refractivity (Wildman–Crippen MR) is 121 cm³/mol. The molecule has 0 aromatic heterocycles. The lowest BCUT2D eigenvalue weighted by molar-refractivity contribution is 0.258. The van der Waals surface area contributed by atoms with E-state index < -0.39 is 29.1 Å². The first-order valence-electron chi connectivity index (χ1n) is 9.12. The second kappa shape index (κ2) is 6.22. The van der Waals surface area contributed by atoms with Crippen molar-refractivity contribution in [3.05, 3.63) is 10.8 Å². The molecule has 0 fully saturated rings. The van der Waals surface area contributed by atoms with Gasteiger partial charge < -0.3 is 4.74 Å². The summed E-state index contributed by atoms with van der Waals surface area (Å²) in [6.45, 7) is 34.6. The van der Waals surface area contributed by atoms with Gasteiger partial charge >= 0.3 is 0 Å². The monoisotopic (exact) mass is 404 g/mol. The summed E-state index contributed by atoms with van der Waals surface area (Å²) in [5, 5.41) is 1.77. The van der Waals surface area contributed by atoms with Crippen LogP contribution in [0.3, 0.4) is 0 Å². The van der Waals surface area contributed by atoms with Crippen LogP contribution < -0.4 is 0 Å². The maximum atomic E-state index is 6.31. The number of hydrogen-bond donors (Lipinski definition) is 0. The van der Waals surface area contributed by atoms with Gasteiger partial charge in [0, 0.05) is 28.1 Å². The Bertz CT molecular complexity index is 451. The van der Waals surface area contributed by atoms with E-state index in [1.165, 1.54) is 5.50 Å². The lowest BCUT2D eigenvalue weighted by atomic mass is 9.97. The van der Waals surface area contributed by atoms with Crippen LogP contribution in [0.5, 0.6) is 0 Å². The normalized spacial score (nSPS) is 20.8. The zero-order valence-corrected chi connectivity index (χ0v) is 23.0. The zero-order chi connectivity index (χ0) is 18.6. The molecule has 0 aliphatic carbocycles. The minimum atomic E-state index is -1.36. The minimum Gasteiger partial charge on any atom is -0.493 e. The summed E-state index contributed by atoms with van der Waals surface area (Å²) < 4.78 is 6.31. The van der Waals surface area contributed by atoms with Crippen LogP contribution in [-0.2, 0) is 4.74 Å². The third-order valence-corrected chi connectivity index (χ3v) is 102. The summed E-state index contributed by atoms with van der Waals surface area (Å²) in [5.74, 6) is 0. The number of allylic oxidation sites excluding steroid dienone is 1.